The number of anilines is 1. The highest BCUT2D eigenvalue weighted by Crippen LogP contribution is 2.31. The molecule has 0 saturated heterocycles. The Bertz CT molecular complexity index is 1040. The van der Waals surface area contributed by atoms with Gasteiger partial charge in [0.25, 0.3) is 0 Å². The first-order valence-electron chi connectivity index (χ1n) is 8.95. The number of rotatable bonds is 8. The largest absolute Gasteiger partial charge is 0.493 e. The summed E-state index contributed by atoms with van der Waals surface area (Å²) >= 11 is 13.2. The number of methoxy groups -OCH3 is 1. The Labute approximate surface area is 188 Å². The third-order valence-corrected chi connectivity index (χ3v) is 5.71. The van der Waals surface area contributed by atoms with Gasteiger partial charge >= 0.3 is 0 Å². The molecule has 3 aromatic rings. The van der Waals surface area contributed by atoms with E-state index in [0.717, 1.165) is 0 Å². The summed E-state index contributed by atoms with van der Waals surface area (Å²) < 4.78 is 13.1. The van der Waals surface area contributed by atoms with Crippen molar-refractivity contribution in [3.63, 3.8) is 0 Å². The predicted molar refractivity (Wildman–Crippen MR) is 119 cm³/mol. The normalized spacial score (nSPS) is 11.8. The smallest absolute Gasteiger partial charge is 0.234 e. The molecular weight excluding hydrogens is 447 g/mol. The van der Waals surface area contributed by atoms with Gasteiger partial charge in [-0.25, -0.2) is 0 Å². The number of hydrogen-bond acceptors (Lipinski definition) is 6. The summed E-state index contributed by atoms with van der Waals surface area (Å²) in [5.41, 5.74) is 0.504. The maximum Gasteiger partial charge on any atom is 0.234 e. The fourth-order valence-electron chi connectivity index (χ4n) is 2.67. The highest BCUT2D eigenvalue weighted by Gasteiger charge is 2.19. The number of hydrogen-bond donors (Lipinski definition) is 1. The Morgan fingerprint density at radius 3 is 2.63 bits per heavy atom. The van der Waals surface area contributed by atoms with Crippen LogP contribution >= 0.6 is 35.0 Å². The average molecular weight is 467 g/mol. The van der Waals surface area contributed by atoms with Crippen molar-refractivity contribution in [2.45, 2.75) is 18.2 Å². The van der Waals surface area contributed by atoms with Crippen LogP contribution in [0, 0.1) is 0 Å². The zero-order chi connectivity index (χ0) is 21.7. The zero-order valence-electron chi connectivity index (χ0n) is 16.6. The highest BCUT2D eigenvalue weighted by atomic mass is 35.5. The van der Waals surface area contributed by atoms with Crippen LogP contribution in [0.1, 0.15) is 18.9 Å². The minimum atomic E-state index is -0.366. The van der Waals surface area contributed by atoms with E-state index in [2.05, 4.69) is 15.5 Å². The SMILES string of the molecule is COc1ccccc1OC(C)c1nnc(SCC(=O)Nc2ccc(Cl)cc2Cl)n1C. The predicted octanol–water partition coefficient (Wildman–Crippen LogP) is 5.00. The third-order valence-electron chi connectivity index (χ3n) is 4.14. The van der Waals surface area contributed by atoms with Gasteiger partial charge in [-0.2, -0.15) is 0 Å². The molecule has 0 fully saturated rings. The van der Waals surface area contributed by atoms with Gasteiger partial charge in [-0.3, -0.25) is 4.79 Å². The molecule has 0 aliphatic heterocycles. The molecule has 0 aliphatic rings. The standard InChI is InChI=1S/C20H20Cl2N4O3S/c1-12(29-17-7-5-4-6-16(17)28-3)19-24-25-20(26(19)2)30-11-18(27)23-15-9-8-13(21)10-14(15)22/h4-10,12H,11H2,1-3H3,(H,23,27). The maximum atomic E-state index is 12.3. The van der Waals surface area contributed by atoms with E-state index in [9.17, 15) is 4.79 Å². The van der Waals surface area contributed by atoms with Gasteiger partial charge in [-0.1, -0.05) is 47.1 Å². The monoisotopic (exact) mass is 466 g/mol. The third kappa shape index (κ3) is 5.38. The minimum Gasteiger partial charge on any atom is -0.493 e. The summed E-state index contributed by atoms with van der Waals surface area (Å²) in [5, 5.41) is 12.6. The number of para-hydroxylation sites is 2. The molecule has 158 valence electrons. The van der Waals surface area contributed by atoms with E-state index in [0.29, 0.717) is 38.2 Å². The van der Waals surface area contributed by atoms with Gasteiger partial charge in [0.15, 0.2) is 28.6 Å². The number of nitrogens with one attached hydrogen (secondary N) is 1. The lowest BCUT2D eigenvalue weighted by atomic mass is 10.3. The molecule has 1 atom stereocenters. The molecule has 7 nitrogen and oxygen atoms in total. The van der Waals surface area contributed by atoms with Crippen LogP contribution in [0.15, 0.2) is 47.6 Å². The number of carbonyl (C=O) groups excluding carboxylic acids is 1. The molecule has 0 aliphatic carbocycles. The van der Waals surface area contributed by atoms with E-state index in [1.54, 1.807) is 29.9 Å². The van der Waals surface area contributed by atoms with Crippen molar-refractivity contribution in [1.82, 2.24) is 14.8 Å². The van der Waals surface area contributed by atoms with Gasteiger partial charge in [-0.15, -0.1) is 10.2 Å². The lowest BCUT2D eigenvalue weighted by Gasteiger charge is -2.16. The second-order valence-electron chi connectivity index (χ2n) is 6.27. The van der Waals surface area contributed by atoms with Gasteiger partial charge in [0.05, 0.1) is 23.6 Å². The number of carbonyl (C=O) groups is 1. The number of halogens is 2. The molecule has 10 heteroatoms. The Hall–Kier alpha value is -2.42. The summed E-state index contributed by atoms with van der Waals surface area (Å²) in [6, 6.07) is 12.3. The van der Waals surface area contributed by atoms with E-state index in [-0.39, 0.29) is 17.8 Å². The second-order valence-corrected chi connectivity index (χ2v) is 8.06. The van der Waals surface area contributed by atoms with Crippen LogP contribution in [-0.2, 0) is 11.8 Å². The Morgan fingerprint density at radius 1 is 1.20 bits per heavy atom. The number of aromatic nitrogens is 3. The molecule has 0 saturated carbocycles. The molecular formula is C20H20Cl2N4O3S. The second kappa shape index (κ2) is 10.1. The number of ether oxygens (including phenoxy) is 2. The minimum absolute atomic E-state index is 0.146. The van der Waals surface area contributed by atoms with Crippen LogP contribution in [0.25, 0.3) is 0 Å². The Morgan fingerprint density at radius 2 is 1.93 bits per heavy atom. The molecule has 1 N–H and O–H groups in total. The number of amides is 1. The van der Waals surface area contributed by atoms with Crippen LogP contribution in [-0.4, -0.2) is 33.5 Å². The topological polar surface area (TPSA) is 78.3 Å². The van der Waals surface area contributed by atoms with Gasteiger partial charge in [0.1, 0.15) is 0 Å². The van der Waals surface area contributed by atoms with Crippen molar-refractivity contribution in [2.24, 2.45) is 7.05 Å². The van der Waals surface area contributed by atoms with Gasteiger partial charge in [-0.05, 0) is 37.3 Å². The summed E-state index contributed by atoms with van der Waals surface area (Å²) in [6.45, 7) is 1.88. The lowest BCUT2D eigenvalue weighted by molar-refractivity contribution is -0.113. The van der Waals surface area contributed by atoms with Crippen molar-refractivity contribution in [2.75, 3.05) is 18.2 Å². The Kier molecular flexibility index (Phi) is 7.47. The number of nitrogens with zero attached hydrogens (tertiary/aromatic N) is 3. The van der Waals surface area contributed by atoms with Gasteiger partial charge in [0, 0.05) is 12.1 Å². The van der Waals surface area contributed by atoms with Crippen LogP contribution in [0.5, 0.6) is 11.5 Å². The van der Waals surface area contributed by atoms with Crippen molar-refractivity contribution in [1.29, 1.82) is 0 Å². The van der Waals surface area contributed by atoms with Crippen LogP contribution in [0.3, 0.4) is 0 Å². The maximum absolute atomic E-state index is 12.3. The van der Waals surface area contributed by atoms with E-state index >= 15 is 0 Å². The zero-order valence-corrected chi connectivity index (χ0v) is 18.9. The van der Waals surface area contributed by atoms with Crippen molar-refractivity contribution in [3.8, 4) is 11.5 Å². The van der Waals surface area contributed by atoms with Crippen molar-refractivity contribution >= 4 is 46.6 Å². The lowest BCUT2D eigenvalue weighted by Crippen LogP contribution is -2.15. The van der Waals surface area contributed by atoms with Crippen LogP contribution in [0.4, 0.5) is 5.69 Å². The van der Waals surface area contributed by atoms with E-state index in [4.69, 9.17) is 32.7 Å². The molecule has 0 spiro atoms. The van der Waals surface area contributed by atoms with E-state index < -0.39 is 0 Å². The molecule has 1 aromatic heterocycles. The average Bonchev–Trinajstić information content (AvgIpc) is 3.09. The summed E-state index contributed by atoms with van der Waals surface area (Å²) in [7, 11) is 3.42. The van der Waals surface area contributed by atoms with Gasteiger partial charge in [0.2, 0.25) is 5.91 Å². The molecule has 30 heavy (non-hydrogen) atoms. The first kappa shape index (κ1) is 22.3. The summed E-state index contributed by atoms with van der Waals surface area (Å²) in [6.07, 6.45) is -0.366. The molecule has 1 heterocycles. The molecule has 3 rings (SSSR count). The fourth-order valence-corrected chi connectivity index (χ4v) is 3.85. The highest BCUT2D eigenvalue weighted by molar-refractivity contribution is 7.99. The quantitative estimate of drug-likeness (QED) is 0.470. The number of thioether (sulfide) groups is 1. The van der Waals surface area contributed by atoms with Crippen LogP contribution < -0.4 is 14.8 Å². The van der Waals surface area contributed by atoms with Crippen molar-refractivity contribution in [3.05, 3.63) is 58.3 Å². The van der Waals surface area contributed by atoms with Crippen molar-refractivity contribution < 1.29 is 14.3 Å². The fraction of sp³-hybridized carbons (Fsp3) is 0.250. The molecule has 2 aromatic carbocycles. The summed E-state index contributed by atoms with van der Waals surface area (Å²) in [5.74, 6) is 1.81. The number of benzene rings is 2. The van der Waals surface area contributed by atoms with E-state index in [1.807, 2.05) is 38.2 Å². The summed E-state index contributed by atoms with van der Waals surface area (Å²) in [4.78, 5) is 12.3. The molecule has 1 amide bonds. The Balaban J connectivity index is 1.61. The first-order valence-corrected chi connectivity index (χ1v) is 10.7. The molecule has 0 radical (unpaired) electrons. The molecule has 1 unspecified atom stereocenters. The molecule has 0 bridgehead atoms. The van der Waals surface area contributed by atoms with Gasteiger partial charge < -0.3 is 19.4 Å². The van der Waals surface area contributed by atoms with E-state index in [1.165, 1.54) is 11.8 Å². The first-order chi connectivity index (χ1) is 14.4. The van der Waals surface area contributed by atoms with Crippen LogP contribution in [0.2, 0.25) is 10.0 Å².